The lowest BCUT2D eigenvalue weighted by Crippen LogP contribution is -2.15. The molecule has 0 saturated carbocycles. The average molecular weight is 373 g/mol. The van der Waals surface area contributed by atoms with Crippen molar-refractivity contribution < 1.29 is 19.1 Å². The van der Waals surface area contributed by atoms with Gasteiger partial charge in [0.1, 0.15) is 10.8 Å². The van der Waals surface area contributed by atoms with Crippen LogP contribution in [0.1, 0.15) is 57.8 Å². The zero-order valence-electron chi connectivity index (χ0n) is 15.3. The molecule has 0 spiro atoms. The number of benzene rings is 1. The second-order valence-corrected chi connectivity index (χ2v) is 7.66. The molecule has 0 fully saturated rings. The summed E-state index contributed by atoms with van der Waals surface area (Å²) in [6, 6.07) is 6.99. The van der Waals surface area contributed by atoms with Gasteiger partial charge in [-0.15, -0.1) is 11.3 Å². The maximum Gasteiger partial charge on any atom is 0.341 e. The van der Waals surface area contributed by atoms with Crippen molar-refractivity contribution in [3.8, 4) is 5.75 Å². The largest absolute Gasteiger partial charge is 0.491 e. The predicted octanol–water partition coefficient (Wildman–Crippen LogP) is 4.45. The van der Waals surface area contributed by atoms with Crippen LogP contribution in [-0.4, -0.2) is 25.1 Å². The molecule has 1 N–H and O–H groups in total. The average Bonchev–Trinajstić information content (AvgIpc) is 2.99. The third-order valence-electron chi connectivity index (χ3n) is 4.28. The molecule has 0 atom stereocenters. The first-order valence-electron chi connectivity index (χ1n) is 8.80. The lowest BCUT2D eigenvalue weighted by Gasteiger charge is -2.12. The molecule has 0 bridgehead atoms. The third kappa shape index (κ3) is 3.90. The van der Waals surface area contributed by atoms with E-state index in [0.29, 0.717) is 16.1 Å². The summed E-state index contributed by atoms with van der Waals surface area (Å²) < 4.78 is 10.5. The zero-order valence-corrected chi connectivity index (χ0v) is 16.1. The summed E-state index contributed by atoms with van der Waals surface area (Å²) in [7, 11) is 1.37. The number of hydrogen-bond donors (Lipinski definition) is 1. The van der Waals surface area contributed by atoms with Crippen molar-refractivity contribution in [1.29, 1.82) is 0 Å². The van der Waals surface area contributed by atoms with Gasteiger partial charge >= 0.3 is 5.97 Å². The molecule has 1 aliphatic rings. The molecule has 1 heterocycles. The lowest BCUT2D eigenvalue weighted by molar-refractivity contribution is 0.0601. The van der Waals surface area contributed by atoms with Gasteiger partial charge < -0.3 is 14.8 Å². The van der Waals surface area contributed by atoms with Gasteiger partial charge in [-0.25, -0.2) is 4.79 Å². The normalized spacial score (nSPS) is 13.2. The van der Waals surface area contributed by atoms with E-state index >= 15 is 0 Å². The minimum Gasteiger partial charge on any atom is -0.491 e. The van der Waals surface area contributed by atoms with Crippen LogP contribution in [-0.2, 0) is 17.6 Å². The van der Waals surface area contributed by atoms with Crippen molar-refractivity contribution in [2.24, 2.45) is 0 Å². The Morgan fingerprint density at radius 2 is 1.81 bits per heavy atom. The summed E-state index contributed by atoms with van der Waals surface area (Å²) in [4.78, 5) is 26.0. The van der Waals surface area contributed by atoms with Gasteiger partial charge in [-0.2, -0.15) is 0 Å². The summed E-state index contributed by atoms with van der Waals surface area (Å²) in [5.74, 6) is 0.0867. The summed E-state index contributed by atoms with van der Waals surface area (Å²) >= 11 is 1.48. The first-order valence-corrected chi connectivity index (χ1v) is 9.62. The maximum absolute atomic E-state index is 12.6. The van der Waals surface area contributed by atoms with Crippen LogP contribution >= 0.6 is 11.3 Å². The summed E-state index contributed by atoms with van der Waals surface area (Å²) in [6.45, 7) is 3.90. The van der Waals surface area contributed by atoms with E-state index in [1.165, 1.54) is 23.3 Å². The number of esters is 1. The SMILES string of the molecule is COC(=O)c1c(NC(=O)c2ccc(OC(C)C)cc2)sc2c1CCCC2. The van der Waals surface area contributed by atoms with Gasteiger partial charge in [0, 0.05) is 10.4 Å². The van der Waals surface area contributed by atoms with Gasteiger partial charge in [0.25, 0.3) is 5.91 Å². The topological polar surface area (TPSA) is 64.6 Å². The van der Waals surface area contributed by atoms with E-state index in [1.54, 1.807) is 24.3 Å². The van der Waals surface area contributed by atoms with E-state index in [9.17, 15) is 9.59 Å². The second kappa shape index (κ2) is 7.91. The Balaban J connectivity index is 1.83. The first kappa shape index (κ1) is 18.5. The van der Waals surface area contributed by atoms with Gasteiger partial charge in [0.15, 0.2) is 0 Å². The van der Waals surface area contributed by atoms with Crippen molar-refractivity contribution in [2.75, 3.05) is 12.4 Å². The van der Waals surface area contributed by atoms with Crippen LogP contribution in [0.4, 0.5) is 5.00 Å². The molecule has 2 aromatic rings. The van der Waals surface area contributed by atoms with Crippen molar-refractivity contribution in [1.82, 2.24) is 0 Å². The van der Waals surface area contributed by atoms with Crippen LogP contribution in [0.25, 0.3) is 0 Å². The highest BCUT2D eigenvalue weighted by Gasteiger charge is 2.27. The molecule has 5 nitrogen and oxygen atoms in total. The molecule has 0 saturated heterocycles. The molecule has 0 aliphatic heterocycles. The van der Waals surface area contributed by atoms with Crippen LogP contribution in [0, 0.1) is 0 Å². The molecule has 1 aromatic heterocycles. The van der Waals surface area contributed by atoms with Gasteiger partial charge in [-0.3, -0.25) is 4.79 Å². The molecule has 1 aromatic carbocycles. The highest BCUT2D eigenvalue weighted by atomic mass is 32.1. The van der Waals surface area contributed by atoms with Crippen molar-refractivity contribution in [3.05, 3.63) is 45.8 Å². The van der Waals surface area contributed by atoms with Crippen LogP contribution in [0.3, 0.4) is 0 Å². The fourth-order valence-electron chi connectivity index (χ4n) is 3.10. The number of fused-ring (bicyclic) bond motifs is 1. The standard InChI is InChI=1S/C20H23NO4S/c1-12(2)25-14-10-8-13(9-11-14)18(22)21-19-17(20(23)24-3)15-6-4-5-7-16(15)26-19/h8-12H,4-7H2,1-3H3,(H,21,22). The summed E-state index contributed by atoms with van der Waals surface area (Å²) in [6.07, 6.45) is 4.04. The monoisotopic (exact) mass is 373 g/mol. The number of hydrogen-bond acceptors (Lipinski definition) is 5. The summed E-state index contributed by atoms with van der Waals surface area (Å²) in [5.41, 5.74) is 2.06. The van der Waals surface area contributed by atoms with E-state index in [0.717, 1.165) is 37.0 Å². The molecule has 0 unspecified atom stereocenters. The van der Waals surface area contributed by atoms with Crippen molar-refractivity contribution in [2.45, 2.75) is 45.6 Å². The molecular formula is C20H23NO4S. The van der Waals surface area contributed by atoms with Crippen LogP contribution in [0.5, 0.6) is 5.75 Å². The molecule has 26 heavy (non-hydrogen) atoms. The number of rotatable bonds is 5. The number of carbonyl (C=O) groups is 2. The van der Waals surface area contributed by atoms with Gasteiger partial charge in [0.2, 0.25) is 0 Å². The predicted molar refractivity (Wildman–Crippen MR) is 102 cm³/mol. The highest BCUT2D eigenvalue weighted by molar-refractivity contribution is 7.17. The fourth-order valence-corrected chi connectivity index (χ4v) is 4.38. The Hall–Kier alpha value is -2.34. The number of nitrogens with one attached hydrogen (secondary N) is 1. The number of ether oxygens (including phenoxy) is 2. The van der Waals surface area contributed by atoms with Gasteiger partial charge in [-0.05, 0) is 69.4 Å². The highest BCUT2D eigenvalue weighted by Crippen LogP contribution is 2.38. The number of methoxy groups -OCH3 is 1. The Morgan fingerprint density at radius 1 is 1.12 bits per heavy atom. The molecule has 1 aliphatic carbocycles. The van der Waals surface area contributed by atoms with Crippen LogP contribution < -0.4 is 10.1 Å². The number of carbonyl (C=O) groups excluding carboxylic acids is 2. The second-order valence-electron chi connectivity index (χ2n) is 6.55. The minimum absolute atomic E-state index is 0.0785. The quantitative estimate of drug-likeness (QED) is 0.786. The number of anilines is 1. The zero-order chi connectivity index (χ0) is 18.7. The van der Waals surface area contributed by atoms with E-state index < -0.39 is 0 Å². The van der Waals surface area contributed by atoms with Crippen LogP contribution in [0.15, 0.2) is 24.3 Å². The Bertz CT molecular complexity index is 808. The van der Waals surface area contributed by atoms with E-state index in [4.69, 9.17) is 9.47 Å². The van der Waals surface area contributed by atoms with E-state index in [2.05, 4.69) is 5.32 Å². The molecule has 1 amide bonds. The minimum atomic E-state index is -0.389. The Morgan fingerprint density at radius 3 is 2.46 bits per heavy atom. The lowest BCUT2D eigenvalue weighted by atomic mass is 9.95. The number of aryl methyl sites for hydroxylation is 1. The maximum atomic E-state index is 12.6. The molecular weight excluding hydrogens is 350 g/mol. The first-order chi connectivity index (χ1) is 12.5. The Kier molecular flexibility index (Phi) is 5.61. The molecule has 3 rings (SSSR count). The number of amides is 1. The van der Waals surface area contributed by atoms with Crippen molar-refractivity contribution >= 4 is 28.2 Å². The Labute approximate surface area is 157 Å². The van der Waals surface area contributed by atoms with Gasteiger partial charge in [0.05, 0.1) is 18.8 Å². The fraction of sp³-hybridized carbons (Fsp3) is 0.400. The van der Waals surface area contributed by atoms with E-state index in [1.807, 2.05) is 13.8 Å². The van der Waals surface area contributed by atoms with E-state index in [-0.39, 0.29) is 18.0 Å². The smallest absolute Gasteiger partial charge is 0.341 e. The summed E-state index contributed by atoms with van der Waals surface area (Å²) in [5, 5.41) is 3.48. The third-order valence-corrected chi connectivity index (χ3v) is 5.48. The van der Waals surface area contributed by atoms with Gasteiger partial charge in [-0.1, -0.05) is 0 Å². The number of thiophene rings is 1. The van der Waals surface area contributed by atoms with Crippen LogP contribution in [0.2, 0.25) is 0 Å². The molecule has 138 valence electrons. The molecule has 6 heteroatoms. The molecule has 0 radical (unpaired) electrons. The van der Waals surface area contributed by atoms with Crippen molar-refractivity contribution in [3.63, 3.8) is 0 Å².